The summed E-state index contributed by atoms with van der Waals surface area (Å²) in [4.78, 5) is 14.4. The van der Waals surface area contributed by atoms with Crippen LogP contribution in [0.15, 0.2) is 71.2 Å². The summed E-state index contributed by atoms with van der Waals surface area (Å²) in [5.41, 5.74) is 0.766. The van der Waals surface area contributed by atoms with Gasteiger partial charge >= 0.3 is 12.3 Å². The van der Waals surface area contributed by atoms with Crippen LogP contribution in [-0.4, -0.2) is 6.09 Å². The maximum Gasteiger partial charge on any atom is 0.418 e. The zero-order valence-corrected chi connectivity index (χ0v) is 19.0. The number of carbonyl (C=O) groups is 1. The number of fused-ring (bicyclic) bond motifs is 1. The fourth-order valence-electron chi connectivity index (χ4n) is 3.96. The van der Waals surface area contributed by atoms with E-state index < -0.39 is 23.9 Å². The third-order valence-corrected chi connectivity index (χ3v) is 6.03. The molecule has 0 aromatic heterocycles. The van der Waals surface area contributed by atoms with Crippen molar-refractivity contribution in [1.82, 2.24) is 0 Å². The molecule has 1 atom stereocenters. The molecular formula is C24H18BrClF3NO2. The van der Waals surface area contributed by atoms with E-state index in [1.807, 2.05) is 6.07 Å². The van der Waals surface area contributed by atoms with Gasteiger partial charge < -0.3 is 4.74 Å². The van der Waals surface area contributed by atoms with Gasteiger partial charge in [0.15, 0.2) is 0 Å². The summed E-state index contributed by atoms with van der Waals surface area (Å²) < 4.78 is 47.8. The Hall–Kier alpha value is -2.51. The number of alkyl halides is 3. The summed E-state index contributed by atoms with van der Waals surface area (Å²) in [5.74, 6) is 0. The second-order valence-corrected chi connectivity index (χ2v) is 8.83. The topological polar surface area (TPSA) is 29.5 Å². The van der Waals surface area contributed by atoms with Crippen molar-refractivity contribution < 1.29 is 22.7 Å². The lowest BCUT2D eigenvalue weighted by Gasteiger charge is -2.38. The molecule has 0 radical (unpaired) electrons. The van der Waals surface area contributed by atoms with Gasteiger partial charge in [0.1, 0.15) is 6.61 Å². The minimum Gasteiger partial charge on any atom is -0.444 e. The first kappa shape index (κ1) is 22.7. The van der Waals surface area contributed by atoms with Gasteiger partial charge in [0, 0.05) is 9.50 Å². The first-order chi connectivity index (χ1) is 15.2. The third-order valence-electron chi connectivity index (χ3n) is 5.33. The van der Waals surface area contributed by atoms with Crippen LogP contribution in [0.1, 0.15) is 34.7 Å². The zero-order chi connectivity index (χ0) is 22.9. The number of nitrogens with zero attached hydrogens (tertiary/aromatic N) is 1. The van der Waals surface area contributed by atoms with Crippen LogP contribution in [0.2, 0.25) is 5.02 Å². The van der Waals surface area contributed by atoms with Crippen molar-refractivity contribution in [3.63, 3.8) is 0 Å². The molecule has 0 saturated carbocycles. The Morgan fingerprint density at radius 1 is 1.09 bits per heavy atom. The van der Waals surface area contributed by atoms with E-state index in [2.05, 4.69) is 15.9 Å². The summed E-state index contributed by atoms with van der Waals surface area (Å²) in [6.07, 6.45) is -4.69. The molecular weight excluding hydrogens is 507 g/mol. The lowest BCUT2D eigenvalue weighted by molar-refractivity contribution is -0.137. The molecule has 0 N–H and O–H groups in total. The molecule has 32 heavy (non-hydrogen) atoms. The van der Waals surface area contributed by atoms with Gasteiger partial charge in [-0.3, -0.25) is 4.90 Å². The summed E-state index contributed by atoms with van der Waals surface area (Å²) in [7, 11) is 0. The molecule has 3 aromatic carbocycles. The van der Waals surface area contributed by atoms with Gasteiger partial charge in [-0.2, -0.15) is 13.2 Å². The Morgan fingerprint density at radius 2 is 1.84 bits per heavy atom. The van der Waals surface area contributed by atoms with Crippen molar-refractivity contribution in [2.24, 2.45) is 0 Å². The summed E-state index contributed by atoms with van der Waals surface area (Å²) in [5, 5.41) is 0.442. The highest BCUT2D eigenvalue weighted by Gasteiger charge is 2.42. The van der Waals surface area contributed by atoms with Crippen molar-refractivity contribution in [2.45, 2.75) is 31.7 Å². The van der Waals surface area contributed by atoms with Crippen LogP contribution in [0.25, 0.3) is 0 Å². The number of anilines is 1. The Balaban J connectivity index is 1.80. The van der Waals surface area contributed by atoms with E-state index in [0.29, 0.717) is 33.5 Å². The Kier molecular flexibility index (Phi) is 6.49. The van der Waals surface area contributed by atoms with Gasteiger partial charge in [0.2, 0.25) is 0 Å². The molecule has 1 amide bonds. The standard InChI is InChI=1S/C24H18BrClF3NO2/c25-18-11-17-9-10-21(16-7-4-8-19(26)12-16)30(22(17)20(13-18)24(27,28)29)23(31)32-14-15-5-2-1-3-6-15/h1-8,11-13,21H,9-10,14H2. The number of aryl methyl sites for hydroxylation is 1. The molecule has 0 aliphatic carbocycles. The van der Waals surface area contributed by atoms with Gasteiger partial charge in [0.25, 0.3) is 0 Å². The van der Waals surface area contributed by atoms with Crippen molar-refractivity contribution in [3.05, 3.63) is 98.5 Å². The largest absolute Gasteiger partial charge is 0.444 e. The summed E-state index contributed by atoms with van der Waals surface area (Å²) >= 11 is 9.31. The van der Waals surface area contributed by atoms with E-state index in [1.165, 1.54) is 0 Å². The van der Waals surface area contributed by atoms with Crippen LogP contribution < -0.4 is 4.90 Å². The van der Waals surface area contributed by atoms with Crippen LogP contribution in [-0.2, 0) is 23.9 Å². The zero-order valence-electron chi connectivity index (χ0n) is 16.7. The van der Waals surface area contributed by atoms with Crippen molar-refractivity contribution in [2.75, 3.05) is 4.90 Å². The second-order valence-electron chi connectivity index (χ2n) is 7.48. The smallest absolute Gasteiger partial charge is 0.418 e. The maximum atomic E-state index is 14.0. The van der Waals surface area contributed by atoms with Crippen LogP contribution in [0.5, 0.6) is 0 Å². The molecule has 4 rings (SSSR count). The highest BCUT2D eigenvalue weighted by molar-refractivity contribution is 9.10. The fraction of sp³-hybridized carbons (Fsp3) is 0.208. The average Bonchev–Trinajstić information content (AvgIpc) is 2.76. The van der Waals surface area contributed by atoms with Crippen molar-refractivity contribution >= 4 is 39.3 Å². The van der Waals surface area contributed by atoms with Gasteiger partial charge in [-0.05, 0) is 53.8 Å². The quantitative estimate of drug-likeness (QED) is 0.348. The van der Waals surface area contributed by atoms with E-state index in [4.69, 9.17) is 16.3 Å². The van der Waals surface area contributed by atoms with Crippen LogP contribution >= 0.6 is 27.5 Å². The average molecular weight is 525 g/mol. The van der Waals surface area contributed by atoms with Gasteiger partial charge in [-0.15, -0.1) is 0 Å². The molecule has 3 nitrogen and oxygen atoms in total. The van der Waals surface area contributed by atoms with E-state index in [9.17, 15) is 18.0 Å². The molecule has 0 fully saturated rings. The number of amides is 1. The predicted octanol–water partition coefficient (Wildman–Crippen LogP) is 7.95. The number of benzene rings is 3. The lowest BCUT2D eigenvalue weighted by Crippen LogP contribution is -2.40. The molecule has 166 valence electrons. The number of carbonyl (C=O) groups excluding carboxylic acids is 1. The molecule has 0 spiro atoms. The summed E-state index contributed by atoms with van der Waals surface area (Å²) in [6, 6.07) is 17.8. The molecule has 1 heterocycles. The summed E-state index contributed by atoms with van der Waals surface area (Å²) in [6.45, 7) is -0.0499. The predicted molar refractivity (Wildman–Crippen MR) is 121 cm³/mol. The molecule has 0 saturated heterocycles. The minimum absolute atomic E-state index is 0.0499. The van der Waals surface area contributed by atoms with E-state index in [-0.39, 0.29) is 12.3 Å². The molecule has 0 bridgehead atoms. The third kappa shape index (κ3) is 4.79. The van der Waals surface area contributed by atoms with Crippen LogP contribution in [0.3, 0.4) is 0 Å². The monoisotopic (exact) mass is 523 g/mol. The first-order valence-electron chi connectivity index (χ1n) is 9.89. The highest BCUT2D eigenvalue weighted by Crippen LogP contribution is 2.47. The SMILES string of the molecule is O=C(OCc1ccccc1)N1c2c(cc(Br)cc2C(F)(F)F)CCC1c1cccc(Cl)c1. The van der Waals surface area contributed by atoms with E-state index in [1.54, 1.807) is 54.6 Å². The van der Waals surface area contributed by atoms with Gasteiger partial charge in [-0.1, -0.05) is 70.0 Å². The molecule has 1 unspecified atom stereocenters. The number of halogens is 5. The molecule has 3 aromatic rings. The van der Waals surface area contributed by atoms with Gasteiger partial charge in [-0.25, -0.2) is 4.79 Å². The lowest BCUT2D eigenvalue weighted by atomic mass is 9.89. The molecule has 1 aliphatic rings. The Morgan fingerprint density at radius 3 is 2.53 bits per heavy atom. The minimum atomic E-state index is -4.65. The first-order valence-corrected chi connectivity index (χ1v) is 11.1. The molecule has 8 heteroatoms. The normalized spacial score (nSPS) is 15.9. The van der Waals surface area contributed by atoms with Crippen LogP contribution in [0, 0.1) is 0 Å². The second kappa shape index (κ2) is 9.16. The number of hydrogen-bond donors (Lipinski definition) is 0. The Labute approximate surface area is 196 Å². The van der Waals surface area contributed by atoms with E-state index in [0.717, 1.165) is 16.5 Å². The highest BCUT2D eigenvalue weighted by atomic mass is 79.9. The number of ether oxygens (including phenoxy) is 1. The van der Waals surface area contributed by atoms with Crippen molar-refractivity contribution in [3.8, 4) is 0 Å². The van der Waals surface area contributed by atoms with Gasteiger partial charge in [0.05, 0.1) is 17.3 Å². The fourth-order valence-corrected chi connectivity index (χ4v) is 4.66. The van der Waals surface area contributed by atoms with Crippen molar-refractivity contribution in [1.29, 1.82) is 0 Å². The maximum absolute atomic E-state index is 14.0. The number of rotatable bonds is 3. The molecule has 1 aliphatic heterocycles. The Bertz CT molecular complexity index is 1140. The number of hydrogen-bond acceptors (Lipinski definition) is 2. The van der Waals surface area contributed by atoms with E-state index >= 15 is 0 Å². The van der Waals surface area contributed by atoms with Crippen LogP contribution in [0.4, 0.5) is 23.7 Å².